The second-order valence-corrected chi connectivity index (χ2v) is 7.88. The molecule has 140 valence electrons. The first-order valence-corrected chi connectivity index (χ1v) is 9.67. The van der Waals surface area contributed by atoms with Crippen molar-refractivity contribution in [3.8, 4) is 0 Å². The Hall–Kier alpha value is -1.29. The number of nitrogens with one attached hydrogen (secondary N) is 1. The molecule has 0 aromatic heterocycles. The van der Waals surface area contributed by atoms with Gasteiger partial charge in [-0.2, -0.15) is 0 Å². The van der Waals surface area contributed by atoms with E-state index in [2.05, 4.69) is 4.72 Å². The van der Waals surface area contributed by atoms with Gasteiger partial charge in [0.2, 0.25) is 15.9 Å². The summed E-state index contributed by atoms with van der Waals surface area (Å²) in [5, 5.41) is 0.306. The maximum absolute atomic E-state index is 12.3. The molecule has 1 aliphatic heterocycles. The second kappa shape index (κ2) is 8.88. The quantitative estimate of drug-likeness (QED) is 0.758. The molecule has 1 heterocycles. The number of halogens is 3. The molecule has 0 atom stereocenters. The van der Waals surface area contributed by atoms with E-state index in [1.165, 1.54) is 18.2 Å². The third-order valence-electron chi connectivity index (χ3n) is 3.86. The van der Waals surface area contributed by atoms with Crippen molar-refractivity contribution in [3.63, 3.8) is 0 Å². The van der Waals surface area contributed by atoms with E-state index in [-0.39, 0.29) is 30.3 Å². The maximum Gasteiger partial charge on any atom is 0.251 e. The molecule has 10 heteroatoms. The van der Waals surface area contributed by atoms with Crippen LogP contribution in [0.4, 0.5) is 8.78 Å². The number of hydrogen-bond donors (Lipinski definition) is 1. The van der Waals surface area contributed by atoms with Crippen molar-refractivity contribution in [3.05, 3.63) is 29.3 Å². The fourth-order valence-corrected chi connectivity index (χ4v) is 3.88. The first-order chi connectivity index (χ1) is 11.8. The van der Waals surface area contributed by atoms with Crippen LogP contribution in [0.5, 0.6) is 0 Å². The monoisotopic (exact) mass is 395 g/mol. The Labute approximate surface area is 150 Å². The van der Waals surface area contributed by atoms with Gasteiger partial charge in [-0.1, -0.05) is 17.7 Å². The molecule has 1 fully saturated rings. The Morgan fingerprint density at radius 2 is 1.92 bits per heavy atom. The van der Waals surface area contributed by atoms with Gasteiger partial charge in [0.1, 0.15) is 0 Å². The lowest BCUT2D eigenvalue weighted by molar-refractivity contribution is -0.132. The zero-order chi connectivity index (χ0) is 18.4. The molecule has 1 aromatic carbocycles. The lowest BCUT2D eigenvalue weighted by atomic mass is 10.3. The SMILES string of the molecule is O=C(CCNS(=O)(=O)c1cccc(Cl)c1)N1CCN(CC(F)F)CC1. The fourth-order valence-electron chi connectivity index (χ4n) is 2.54. The summed E-state index contributed by atoms with van der Waals surface area (Å²) in [6.07, 6.45) is -2.38. The van der Waals surface area contributed by atoms with Gasteiger partial charge in [-0.15, -0.1) is 0 Å². The van der Waals surface area contributed by atoms with E-state index in [9.17, 15) is 22.0 Å². The van der Waals surface area contributed by atoms with Gasteiger partial charge < -0.3 is 4.90 Å². The lowest BCUT2D eigenvalue weighted by Gasteiger charge is -2.34. The Morgan fingerprint density at radius 3 is 2.52 bits per heavy atom. The number of nitrogens with zero attached hydrogens (tertiary/aromatic N) is 2. The average molecular weight is 396 g/mol. The van der Waals surface area contributed by atoms with Crippen molar-refractivity contribution in [2.45, 2.75) is 17.7 Å². The van der Waals surface area contributed by atoms with Gasteiger partial charge >= 0.3 is 0 Å². The smallest absolute Gasteiger partial charge is 0.251 e. The highest BCUT2D eigenvalue weighted by Gasteiger charge is 2.23. The van der Waals surface area contributed by atoms with Crippen LogP contribution in [-0.4, -0.2) is 69.8 Å². The highest BCUT2D eigenvalue weighted by Crippen LogP contribution is 2.15. The van der Waals surface area contributed by atoms with Crippen LogP contribution in [-0.2, 0) is 14.8 Å². The maximum atomic E-state index is 12.3. The number of alkyl halides is 2. The number of piperazine rings is 1. The third-order valence-corrected chi connectivity index (χ3v) is 5.55. The van der Waals surface area contributed by atoms with Crippen LogP contribution in [0.1, 0.15) is 6.42 Å². The number of benzene rings is 1. The van der Waals surface area contributed by atoms with Gasteiger partial charge in [0.15, 0.2) is 0 Å². The van der Waals surface area contributed by atoms with Crippen LogP contribution < -0.4 is 4.72 Å². The van der Waals surface area contributed by atoms with E-state index < -0.39 is 16.4 Å². The minimum Gasteiger partial charge on any atom is -0.340 e. The molecule has 0 spiro atoms. The molecule has 1 saturated heterocycles. The van der Waals surface area contributed by atoms with E-state index in [0.717, 1.165) is 0 Å². The molecule has 0 radical (unpaired) electrons. The fraction of sp³-hybridized carbons (Fsp3) is 0.533. The highest BCUT2D eigenvalue weighted by molar-refractivity contribution is 7.89. The predicted molar refractivity (Wildman–Crippen MR) is 90.3 cm³/mol. The summed E-state index contributed by atoms with van der Waals surface area (Å²) in [7, 11) is -3.73. The van der Waals surface area contributed by atoms with Crippen molar-refractivity contribution >= 4 is 27.5 Å². The van der Waals surface area contributed by atoms with E-state index in [4.69, 9.17) is 11.6 Å². The Balaban J connectivity index is 1.77. The number of carbonyl (C=O) groups excluding carboxylic acids is 1. The molecule has 1 N–H and O–H groups in total. The normalized spacial score (nSPS) is 16.4. The zero-order valence-corrected chi connectivity index (χ0v) is 15.1. The van der Waals surface area contributed by atoms with E-state index in [0.29, 0.717) is 31.2 Å². The zero-order valence-electron chi connectivity index (χ0n) is 13.5. The van der Waals surface area contributed by atoms with E-state index in [1.807, 2.05) is 0 Å². The minimum absolute atomic E-state index is 0.00857. The summed E-state index contributed by atoms with van der Waals surface area (Å²) in [6.45, 7) is 1.19. The summed E-state index contributed by atoms with van der Waals surface area (Å²) in [4.78, 5) is 15.3. The van der Waals surface area contributed by atoms with Crippen LogP contribution in [0, 0.1) is 0 Å². The second-order valence-electron chi connectivity index (χ2n) is 5.68. The summed E-state index contributed by atoms with van der Waals surface area (Å²) in [6, 6.07) is 5.84. The predicted octanol–water partition coefficient (Wildman–Crippen LogP) is 1.42. The van der Waals surface area contributed by atoms with Crippen LogP contribution >= 0.6 is 11.6 Å². The van der Waals surface area contributed by atoms with Crippen LogP contribution in [0.3, 0.4) is 0 Å². The van der Waals surface area contributed by atoms with Gasteiger partial charge in [0.05, 0.1) is 11.4 Å². The molecule has 1 aliphatic rings. The van der Waals surface area contributed by atoms with Gasteiger partial charge in [-0.25, -0.2) is 21.9 Å². The Morgan fingerprint density at radius 1 is 1.24 bits per heavy atom. The summed E-state index contributed by atoms with van der Waals surface area (Å²) in [5.74, 6) is -0.203. The summed E-state index contributed by atoms with van der Waals surface area (Å²) >= 11 is 5.78. The number of hydrogen-bond acceptors (Lipinski definition) is 4. The number of rotatable bonds is 7. The molecule has 1 aromatic rings. The molecule has 1 amide bonds. The molecular formula is C15H20ClF2N3O3S. The first kappa shape index (κ1) is 20.0. The van der Waals surface area contributed by atoms with Gasteiger partial charge in [-0.3, -0.25) is 9.69 Å². The van der Waals surface area contributed by atoms with Crippen molar-refractivity contribution in [2.75, 3.05) is 39.3 Å². The molecule has 6 nitrogen and oxygen atoms in total. The molecule has 0 bridgehead atoms. The van der Waals surface area contributed by atoms with Gasteiger partial charge in [-0.05, 0) is 18.2 Å². The highest BCUT2D eigenvalue weighted by atomic mass is 35.5. The number of carbonyl (C=O) groups is 1. The lowest BCUT2D eigenvalue weighted by Crippen LogP contribution is -2.50. The topological polar surface area (TPSA) is 69.7 Å². The Bertz CT molecular complexity index is 695. The Kier molecular flexibility index (Phi) is 7.12. The van der Waals surface area contributed by atoms with Crippen molar-refractivity contribution < 1.29 is 22.0 Å². The van der Waals surface area contributed by atoms with Crippen molar-refractivity contribution in [1.82, 2.24) is 14.5 Å². The third kappa shape index (κ3) is 6.18. The van der Waals surface area contributed by atoms with Crippen molar-refractivity contribution in [1.29, 1.82) is 0 Å². The largest absolute Gasteiger partial charge is 0.340 e. The molecule has 0 aliphatic carbocycles. The summed E-state index contributed by atoms with van der Waals surface area (Å²) in [5.41, 5.74) is 0. The van der Waals surface area contributed by atoms with Gasteiger partial charge in [0.25, 0.3) is 6.43 Å². The molecule has 2 rings (SSSR count). The summed E-state index contributed by atoms with van der Waals surface area (Å²) < 4.78 is 51.2. The van der Waals surface area contributed by atoms with E-state index >= 15 is 0 Å². The minimum atomic E-state index is -3.73. The number of sulfonamides is 1. The molecule has 0 unspecified atom stereocenters. The molecule has 0 saturated carbocycles. The number of amides is 1. The van der Waals surface area contributed by atoms with Crippen LogP contribution in [0.2, 0.25) is 5.02 Å². The standard InChI is InChI=1S/C15H20ClF2N3O3S/c16-12-2-1-3-13(10-12)25(23,24)19-5-4-15(22)21-8-6-20(7-9-21)11-14(17)18/h1-3,10,14,19H,4-9,11H2. The van der Waals surface area contributed by atoms with Crippen molar-refractivity contribution in [2.24, 2.45) is 0 Å². The first-order valence-electron chi connectivity index (χ1n) is 7.81. The molecular weight excluding hydrogens is 376 g/mol. The average Bonchev–Trinajstić information content (AvgIpc) is 2.54. The molecule has 25 heavy (non-hydrogen) atoms. The van der Waals surface area contributed by atoms with Gasteiger partial charge in [0, 0.05) is 44.2 Å². The van der Waals surface area contributed by atoms with E-state index in [1.54, 1.807) is 15.9 Å². The van der Waals surface area contributed by atoms with Crippen LogP contribution in [0.15, 0.2) is 29.2 Å². The van der Waals surface area contributed by atoms with Crippen LogP contribution in [0.25, 0.3) is 0 Å².